The van der Waals surface area contributed by atoms with Crippen molar-refractivity contribution in [2.24, 2.45) is 27.2 Å². The van der Waals surface area contributed by atoms with E-state index in [1.165, 1.54) is 12.3 Å². The molecule has 3 aromatic rings. The predicted octanol–water partition coefficient (Wildman–Crippen LogP) is 4.51. The lowest BCUT2D eigenvalue weighted by atomic mass is 10.2. The van der Waals surface area contributed by atoms with E-state index in [1.807, 2.05) is 0 Å². The number of nitrogens with two attached hydrogens (primary N) is 3. The molecule has 0 saturated carbocycles. The summed E-state index contributed by atoms with van der Waals surface area (Å²) in [7, 11) is 0. The van der Waals surface area contributed by atoms with Gasteiger partial charge in [-0.15, -0.1) is 0 Å². The van der Waals surface area contributed by atoms with E-state index < -0.39 is 16.8 Å². The third kappa shape index (κ3) is 6.25. The molecular weight excluding hydrogens is 447 g/mol. The Morgan fingerprint density at radius 2 is 1.75 bits per heavy atom. The Morgan fingerprint density at radius 1 is 0.969 bits per heavy atom. The fourth-order valence-corrected chi connectivity index (χ4v) is 2.74. The number of hydrogen-bond acceptors (Lipinski definition) is 4. The van der Waals surface area contributed by atoms with Gasteiger partial charge in [0.05, 0.1) is 22.5 Å². The van der Waals surface area contributed by atoms with Crippen molar-refractivity contribution in [2.75, 3.05) is 5.32 Å². The summed E-state index contributed by atoms with van der Waals surface area (Å²) in [5.74, 6) is 0.968. The van der Waals surface area contributed by atoms with Gasteiger partial charge in [0.15, 0.2) is 17.7 Å². The predicted molar refractivity (Wildman–Crippen MR) is 118 cm³/mol. The van der Waals surface area contributed by atoms with E-state index in [9.17, 15) is 13.2 Å². The summed E-state index contributed by atoms with van der Waals surface area (Å²) in [4.78, 5) is 11.8. The molecule has 0 atom stereocenters. The molecule has 166 valence electrons. The number of alkyl halides is 3. The molecular formula is C20H17ClF3N7O. The molecule has 0 radical (unpaired) electrons. The third-order valence-corrected chi connectivity index (χ3v) is 4.14. The number of rotatable bonds is 5. The van der Waals surface area contributed by atoms with Crippen LogP contribution in [0.5, 0.6) is 11.5 Å². The largest absolute Gasteiger partial charge is 0.456 e. The molecule has 1 aromatic heterocycles. The van der Waals surface area contributed by atoms with Gasteiger partial charge < -0.3 is 27.3 Å². The van der Waals surface area contributed by atoms with Crippen molar-refractivity contribution in [3.8, 4) is 11.5 Å². The summed E-state index contributed by atoms with van der Waals surface area (Å²) in [5.41, 5.74) is 15.9. The highest BCUT2D eigenvalue weighted by atomic mass is 35.5. The van der Waals surface area contributed by atoms with Crippen molar-refractivity contribution < 1.29 is 17.9 Å². The fraction of sp³-hybridized carbons (Fsp3) is 0.0500. The van der Waals surface area contributed by atoms with Crippen molar-refractivity contribution in [2.45, 2.75) is 6.18 Å². The molecule has 0 aliphatic carbocycles. The van der Waals surface area contributed by atoms with Gasteiger partial charge in [-0.3, -0.25) is 0 Å². The van der Waals surface area contributed by atoms with E-state index in [4.69, 9.17) is 33.5 Å². The molecule has 32 heavy (non-hydrogen) atoms. The molecule has 1 heterocycles. The molecule has 0 amide bonds. The maximum absolute atomic E-state index is 13.0. The Kier molecular flexibility index (Phi) is 6.69. The quantitative estimate of drug-likeness (QED) is 0.324. The van der Waals surface area contributed by atoms with E-state index in [1.54, 1.807) is 36.4 Å². The van der Waals surface area contributed by atoms with Gasteiger partial charge in [-0.05, 0) is 42.5 Å². The first kappa shape index (κ1) is 22.7. The Labute approximate surface area is 185 Å². The lowest BCUT2D eigenvalue weighted by Crippen LogP contribution is -2.22. The first-order chi connectivity index (χ1) is 15.1. The van der Waals surface area contributed by atoms with Gasteiger partial charge in [-0.2, -0.15) is 18.2 Å². The van der Waals surface area contributed by atoms with Crippen LogP contribution in [0.15, 0.2) is 70.8 Å². The van der Waals surface area contributed by atoms with E-state index in [0.717, 1.165) is 12.1 Å². The number of aliphatic imine (C=N–C) groups is 2. The van der Waals surface area contributed by atoms with Gasteiger partial charge in [-0.25, -0.2) is 9.98 Å². The molecule has 3 rings (SSSR count). The Bertz CT molecular complexity index is 1160. The topological polar surface area (TPSA) is 137 Å². The SMILES string of the molecule is NC(N)=Nc1ccc(Oc2cccc(NC(N)=Nc3ccc(Cl)c(C(F)(F)F)c3)c2)cn1. The summed E-state index contributed by atoms with van der Waals surface area (Å²) in [6.45, 7) is 0. The van der Waals surface area contributed by atoms with Crippen LogP contribution in [0, 0.1) is 0 Å². The number of aromatic nitrogens is 1. The van der Waals surface area contributed by atoms with E-state index in [2.05, 4.69) is 20.3 Å². The second-order valence-electron chi connectivity index (χ2n) is 6.30. The van der Waals surface area contributed by atoms with Gasteiger partial charge in [0.25, 0.3) is 0 Å². The van der Waals surface area contributed by atoms with E-state index in [-0.39, 0.29) is 17.6 Å². The van der Waals surface area contributed by atoms with Gasteiger partial charge in [0, 0.05) is 11.8 Å². The zero-order chi connectivity index (χ0) is 23.3. The average Bonchev–Trinajstić information content (AvgIpc) is 2.70. The summed E-state index contributed by atoms with van der Waals surface area (Å²) < 4.78 is 44.7. The first-order valence-corrected chi connectivity index (χ1v) is 9.29. The van der Waals surface area contributed by atoms with Crippen LogP contribution in [0.4, 0.5) is 30.4 Å². The minimum absolute atomic E-state index is 0.00827. The number of halogens is 4. The number of benzene rings is 2. The molecule has 12 heteroatoms. The Hall–Kier alpha value is -3.99. The monoisotopic (exact) mass is 463 g/mol. The number of pyridine rings is 1. The van der Waals surface area contributed by atoms with Crippen LogP contribution < -0.4 is 27.3 Å². The number of nitrogens with zero attached hydrogens (tertiary/aromatic N) is 3. The van der Waals surface area contributed by atoms with Crippen LogP contribution in [0.3, 0.4) is 0 Å². The normalized spacial score (nSPS) is 11.7. The molecule has 0 spiro atoms. The van der Waals surface area contributed by atoms with Crippen molar-refractivity contribution in [3.63, 3.8) is 0 Å². The summed E-state index contributed by atoms with van der Waals surface area (Å²) >= 11 is 5.61. The number of nitrogens with one attached hydrogen (secondary N) is 1. The van der Waals surface area contributed by atoms with E-state index in [0.29, 0.717) is 23.0 Å². The van der Waals surface area contributed by atoms with Crippen LogP contribution in [0.1, 0.15) is 5.56 Å². The number of anilines is 1. The first-order valence-electron chi connectivity index (χ1n) is 8.92. The summed E-state index contributed by atoms with van der Waals surface area (Å²) in [6, 6.07) is 13.1. The van der Waals surface area contributed by atoms with Crippen LogP contribution >= 0.6 is 11.6 Å². The standard InChI is InChI=1S/C20H17ClF3N7O/c21-16-6-4-12(9-15(16)20(22,23)24)30-19(27)29-11-2-1-3-13(8-11)32-14-5-7-17(28-10-14)31-18(25)26/h1-10H,(H3,27,29,30)(H4,25,26,28,31). The Balaban J connectivity index is 1.72. The molecule has 0 fully saturated rings. The van der Waals surface area contributed by atoms with Crippen molar-refractivity contribution in [1.82, 2.24) is 4.98 Å². The van der Waals surface area contributed by atoms with E-state index >= 15 is 0 Å². The van der Waals surface area contributed by atoms with Gasteiger partial charge in [0.2, 0.25) is 0 Å². The molecule has 0 unspecified atom stereocenters. The molecule has 0 aliphatic rings. The minimum Gasteiger partial charge on any atom is -0.456 e. The summed E-state index contributed by atoms with van der Waals surface area (Å²) in [6.07, 6.45) is -3.16. The van der Waals surface area contributed by atoms with Gasteiger partial charge >= 0.3 is 6.18 Å². The average molecular weight is 464 g/mol. The van der Waals surface area contributed by atoms with Crippen LogP contribution in [0.25, 0.3) is 0 Å². The summed E-state index contributed by atoms with van der Waals surface area (Å²) in [5, 5.41) is 2.37. The second-order valence-corrected chi connectivity index (χ2v) is 6.71. The molecule has 0 aliphatic heterocycles. The molecule has 0 saturated heterocycles. The zero-order valence-electron chi connectivity index (χ0n) is 16.3. The smallest absolute Gasteiger partial charge is 0.417 e. The molecule has 2 aromatic carbocycles. The lowest BCUT2D eigenvalue weighted by molar-refractivity contribution is -0.137. The fourth-order valence-electron chi connectivity index (χ4n) is 2.52. The molecule has 7 N–H and O–H groups in total. The minimum atomic E-state index is -4.60. The van der Waals surface area contributed by atoms with Gasteiger partial charge in [0.1, 0.15) is 11.5 Å². The molecule has 0 bridgehead atoms. The number of ether oxygens (including phenoxy) is 1. The van der Waals surface area contributed by atoms with Crippen molar-refractivity contribution in [3.05, 3.63) is 71.4 Å². The number of guanidine groups is 2. The highest BCUT2D eigenvalue weighted by Gasteiger charge is 2.33. The lowest BCUT2D eigenvalue weighted by Gasteiger charge is -2.11. The van der Waals surface area contributed by atoms with Crippen LogP contribution in [0.2, 0.25) is 5.02 Å². The maximum atomic E-state index is 13.0. The second kappa shape index (κ2) is 9.43. The number of hydrogen-bond donors (Lipinski definition) is 4. The van der Waals surface area contributed by atoms with Gasteiger partial charge in [-0.1, -0.05) is 17.7 Å². The van der Waals surface area contributed by atoms with Crippen LogP contribution in [-0.2, 0) is 6.18 Å². The highest BCUT2D eigenvalue weighted by Crippen LogP contribution is 2.36. The molecule has 8 nitrogen and oxygen atoms in total. The highest BCUT2D eigenvalue weighted by molar-refractivity contribution is 6.31. The zero-order valence-corrected chi connectivity index (χ0v) is 17.0. The maximum Gasteiger partial charge on any atom is 0.417 e. The van der Waals surface area contributed by atoms with Crippen molar-refractivity contribution >= 4 is 40.7 Å². The third-order valence-electron chi connectivity index (χ3n) is 3.81. The van der Waals surface area contributed by atoms with Crippen molar-refractivity contribution in [1.29, 1.82) is 0 Å². The van der Waals surface area contributed by atoms with Crippen LogP contribution in [-0.4, -0.2) is 16.9 Å². The Morgan fingerprint density at radius 3 is 2.41 bits per heavy atom.